The summed E-state index contributed by atoms with van der Waals surface area (Å²) in [6.07, 6.45) is 4.04. The molecule has 0 fully saturated rings. The van der Waals surface area contributed by atoms with E-state index in [1.807, 2.05) is 26.4 Å². The molecule has 1 heterocycles. The maximum Gasteiger partial charge on any atom is 0.254 e. The first-order chi connectivity index (χ1) is 5.25. The molecule has 3 nitrogen and oxygen atoms in total. The Morgan fingerprint density at radius 3 is 2.67 bits per heavy atom. The Morgan fingerprint density at radius 1 is 1.58 bits per heavy atom. The third kappa shape index (κ3) is 2.50. The van der Waals surface area contributed by atoms with Crippen LogP contribution in [0.5, 0.6) is 0 Å². The molecule has 0 radical (unpaired) electrons. The molecule has 0 aromatic carbocycles. The Balaban J connectivity index is 0.00000121. The average molecular weight is 191 g/mol. The molecule has 0 atom stereocenters. The number of halogens is 1. The molecule has 0 aliphatic carbocycles. The number of imidazole rings is 1. The van der Waals surface area contributed by atoms with E-state index in [1.54, 1.807) is 0 Å². The Hall–Kier alpha value is -0.540. The van der Waals surface area contributed by atoms with Gasteiger partial charge in [-0.3, -0.25) is 0 Å². The van der Waals surface area contributed by atoms with Crippen LogP contribution in [-0.4, -0.2) is 11.2 Å². The minimum atomic E-state index is 0. The summed E-state index contributed by atoms with van der Waals surface area (Å²) in [5, 5.41) is 0. The summed E-state index contributed by atoms with van der Waals surface area (Å²) in [6.45, 7) is 5.49. The van der Waals surface area contributed by atoms with Crippen molar-refractivity contribution in [2.24, 2.45) is 7.05 Å². The summed E-state index contributed by atoms with van der Waals surface area (Å²) < 4.78 is 9.40. The van der Waals surface area contributed by atoms with Crippen LogP contribution in [0.25, 0.3) is 0 Å². The molecule has 70 valence electrons. The van der Waals surface area contributed by atoms with Crippen molar-refractivity contribution < 1.29 is 21.7 Å². The molecule has 0 aliphatic rings. The second-order valence-corrected chi connectivity index (χ2v) is 2.55. The van der Waals surface area contributed by atoms with Crippen molar-refractivity contribution in [2.45, 2.75) is 20.6 Å². The fourth-order valence-corrected chi connectivity index (χ4v) is 0.925. The van der Waals surface area contributed by atoms with Crippen molar-refractivity contribution in [1.82, 2.24) is 4.57 Å². The average Bonchev–Trinajstić information content (AvgIpc) is 2.31. The summed E-state index contributed by atoms with van der Waals surface area (Å²) in [5.41, 5.74) is 0. The van der Waals surface area contributed by atoms with Gasteiger partial charge in [0.25, 0.3) is 5.82 Å². The number of rotatable bonds is 3. The molecule has 0 amide bonds. The zero-order valence-corrected chi connectivity index (χ0v) is 8.51. The molecule has 12 heavy (non-hydrogen) atoms. The first kappa shape index (κ1) is 11.5. The van der Waals surface area contributed by atoms with Crippen LogP contribution in [-0.2, 0) is 18.5 Å². The van der Waals surface area contributed by atoms with Crippen molar-refractivity contribution in [3.05, 3.63) is 18.2 Å². The van der Waals surface area contributed by atoms with E-state index in [9.17, 15) is 0 Å². The molecule has 4 heteroatoms. The van der Waals surface area contributed by atoms with Crippen molar-refractivity contribution in [2.75, 3.05) is 6.61 Å². The maximum atomic E-state index is 5.26. The Labute approximate surface area is 79.4 Å². The highest BCUT2D eigenvalue weighted by atomic mass is 35.5. The van der Waals surface area contributed by atoms with E-state index in [0.29, 0.717) is 6.73 Å². The van der Waals surface area contributed by atoms with Gasteiger partial charge in [-0.1, -0.05) is 0 Å². The summed E-state index contributed by atoms with van der Waals surface area (Å²) in [4.78, 5) is 0. The molecular formula is C8H15ClN2O. The van der Waals surface area contributed by atoms with Crippen molar-refractivity contribution >= 4 is 0 Å². The molecule has 0 saturated heterocycles. The predicted octanol–water partition coefficient (Wildman–Crippen LogP) is -2.38. The molecular weight excluding hydrogens is 176 g/mol. The number of hydrogen-bond acceptors (Lipinski definition) is 1. The van der Waals surface area contributed by atoms with Gasteiger partial charge in [0.05, 0.1) is 7.05 Å². The highest BCUT2D eigenvalue weighted by Gasteiger charge is 2.06. The SMILES string of the molecule is CCOCn1cc[n+](C)c1C.[Cl-]. The van der Waals surface area contributed by atoms with Crippen LogP contribution in [0.15, 0.2) is 12.4 Å². The van der Waals surface area contributed by atoms with Crippen LogP contribution < -0.4 is 17.0 Å². The second-order valence-electron chi connectivity index (χ2n) is 2.55. The Bertz CT molecular complexity index is 235. The molecule has 0 spiro atoms. The zero-order chi connectivity index (χ0) is 8.27. The normalized spacial score (nSPS) is 9.58. The van der Waals surface area contributed by atoms with Gasteiger partial charge in [0, 0.05) is 13.5 Å². The van der Waals surface area contributed by atoms with Gasteiger partial charge >= 0.3 is 0 Å². The predicted molar refractivity (Wildman–Crippen MR) is 42.0 cm³/mol. The number of aromatic nitrogens is 2. The van der Waals surface area contributed by atoms with E-state index in [-0.39, 0.29) is 12.4 Å². The van der Waals surface area contributed by atoms with Crippen molar-refractivity contribution in [3.63, 3.8) is 0 Å². The zero-order valence-electron chi connectivity index (χ0n) is 7.75. The van der Waals surface area contributed by atoms with Crippen LogP contribution in [0.4, 0.5) is 0 Å². The fourth-order valence-electron chi connectivity index (χ4n) is 0.925. The lowest BCUT2D eigenvalue weighted by atomic mass is 10.7. The van der Waals surface area contributed by atoms with E-state index in [4.69, 9.17) is 4.74 Å². The van der Waals surface area contributed by atoms with Crippen LogP contribution in [0, 0.1) is 6.92 Å². The summed E-state index contributed by atoms with van der Waals surface area (Å²) in [7, 11) is 2.03. The van der Waals surface area contributed by atoms with Gasteiger partial charge < -0.3 is 17.1 Å². The highest BCUT2D eigenvalue weighted by Crippen LogP contribution is 1.92. The first-order valence-corrected chi connectivity index (χ1v) is 3.84. The molecule has 0 saturated carbocycles. The van der Waals surface area contributed by atoms with Gasteiger partial charge in [-0.25, -0.2) is 9.13 Å². The monoisotopic (exact) mass is 190 g/mol. The minimum Gasteiger partial charge on any atom is -1.00 e. The molecule has 0 N–H and O–H groups in total. The molecule has 0 unspecified atom stereocenters. The molecule has 1 aromatic rings. The third-order valence-electron chi connectivity index (χ3n) is 1.83. The largest absolute Gasteiger partial charge is 1.00 e. The van der Waals surface area contributed by atoms with Gasteiger partial charge in [0.15, 0.2) is 6.73 Å². The van der Waals surface area contributed by atoms with Gasteiger partial charge in [-0.2, -0.15) is 0 Å². The number of aryl methyl sites for hydroxylation is 1. The Kier molecular flexibility index (Phi) is 4.93. The van der Waals surface area contributed by atoms with Crippen LogP contribution >= 0.6 is 0 Å². The minimum absolute atomic E-state index is 0. The summed E-state index contributed by atoms with van der Waals surface area (Å²) in [5.74, 6) is 1.21. The lowest BCUT2D eigenvalue weighted by molar-refractivity contribution is -0.677. The van der Waals surface area contributed by atoms with E-state index in [1.165, 1.54) is 5.82 Å². The number of nitrogens with zero attached hydrogens (tertiary/aromatic N) is 2. The number of ether oxygens (including phenoxy) is 1. The maximum absolute atomic E-state index is 5.26. The van der Waals surface area contributed by atoms with Crippen molar-refractivity contribution in [3.8, 4) is 0 Å². The molecule has 1 aromatic heterocycles. The van der Waals surface area contributed by atoms with E-state index < -0.39 is 0 Å². The fraction of sp³-hybridized carbons (Fsp3) is 0.625. The standard InChI is InChI=1S/C8H15N2O.ClH/c1-4-11-7-10-6-5-9(3)8(10)2;/h5-6H,4,7H2,1-3H3;1H/q+1;/p-1. The summed E-state index contributed by atoms with van der Waals surface area (Å²) >= 11 is 0. The van der Waals surface area contributed by atoms with E-state index >= 15 is 0 Å². The molecule has 0 aliphatic heterocycles. The summed E-state index contributed by atoms with van der Waals surface area (Å²) in [6, 6.07) is 0. The molecule has 0 bridgehead atoms. The third-order valence-corrected chi connectivity index (χ3v) is 1.83. The van der Waals surface area contributed by atoms with E-state index in [0.717, 1.165) is 6.61 Å². The molecule has 1 rings (SSSR count). The lowest BCUT2D eigenvalue weighted by Crippen LogP contribution is -3.00. The lowest BCUT2D eigenvalue weighted by Gasteiger charge is -1.97. The topological polar surface area (TPSA) is 18.0 Å². The highest BCUT2D eigenvalue weighted by molar-refractivity contribution is 4.77. The first-order valence-electron chi connectivity index (χ1n) is 3.84. The van der Waals surface area contributed by atoms with Crippen LogP contribution in [0.3, 0.4) is 0 Å². The van der Waals surface area contributed by atoms with E-state index in [2.05, 4.69) is 16.1 Å². The second kappa shape index (κ2) is 5.17. The Morgan fingerprint density at radius 2 is 2.25 bits per heavy atom. The van der Waals surface area contributed by atoms with Crippen LogP contribution in [0.1, 0.15) is 12.7 Å². The van der Waals surface area contributed by atoms with Gasteiger partial charge in [0.1, 0.15) is 12.4 Å². The van der Waals surface area contributed by atoms with Gasteiger partial charge in [0.2, 0.25) is 0 Å². The number of hydrogen-bond donors (Lipinski definition) is 0. The van der Waals surface area contributed by atoms with Gasteiger partial charge in [-0.15, -0.1) is 0 Å². The van der Waals surface area contributed by atoms with Crippen molar-refractivity contribution in [1.29, 1.82) is 0 Å². The van der Waals surface area contributed by atoms with Gasteiger partial charge in [-0.05, 0) is 6.92 Å². The van der Waals surface area contributed by atoms with Crippen LogP contribution in [0.2, 0.25) is 0 Å². The smallest absolute Gasteiger partial charge is 0.254 e. The quantitative estimate of drug-likeness (QED) is 0.487.